The van der Waals surface area contributed by atoms with Gasteiger partial charge >= 0.3 is 18.1 Å². The quantitative estimate of drug-likeness (QED) is 0.0897. The summed E-state index contributed by atoms with van der Waals surface area (Å²) in [6.45, 7) is 2.27. The van der Waals surface area contributed by atoms with Crippen molar-refractivity contribution in [1.82, 2.24) is 15.5 Å². The van der Waals surface area contributed by atoms with Gasteiger partial charge in [-0.25, -0.2) is 9.59 Å². The van der Waals surface area contributed by atoms with Crippen molar-refractivity contribution in [2.45, 2.75) is 38.0 Å². The van der Waals surface area contributed by atoms with E-state index in [0.717, 1.165) is 19.2 Å². The normalized spacial score (nSPS) is 15.5. The van der Waals surface area contributed by atoms with Crippen molar-refractivity contribution in [3.05, 3.63) is 86.7 Å². The maximum absolute atomic E-state index is 14.4. The lowest BCUT2D eigenvalue weighted by Gasteiger charge is -2.32. The van der Waals surface area contributed by atoms with Gasteiger partial charge in [-0.05, 0) is 58.6 Å². The molecule has 1 aliphatic heterocycles. The van der Waals surface area contributed by atoms with Crippen LogP contribution in [0.15, 0.2) is 71.1 Å². The second-order valence-corrected chi connectivity index (χ2v) is 11.3. The van der Waals surface area contributed by atoms with Crippen molar-refractivity contribution < 1.29 is 51.7 Å². The fourth-order valence-corrected chi connectivity index (χ4v) is 4.94. The smallest absolute Gasteiger partial charge is 0.431 e. The number of nitrogens with zero attached hydrogens (tertiary/aromatic N) is 2. The molecular weight excluding hydrogens is 653 g/mol. The Kier molecular flexibility index (Phi) is 14.4. The Balaban J connectivity index is 1.83. The van der Waals surface area contributed by atoms with Crippen LogP contribution in [0.1, 0.15) is 31.2 Å². The van der Waals surface area contributed by atoms with Crippen LogP contribution in [0.5, 0.6) is 11.5 Å². The van der Waals surface area contributed by atoms with Crippen LogP contribution in [0.3, 0.4) is 0 Å². The first-order chi connectivity index (χ1) is 23.2. The number of alkyl halides is 3. The molecule has 0 aromatic heterocycles. The highest BCUT2D eigenvalue weighted by Gasteiger charge is 2.48. The average Bonchev–Trinajstić information content (AvgIpc) is 3.05. The zero-order chi connectivity index (χ0) is 36.1. The number of para-hydroxylation sites is 1. The Hall–Kier alpha value is -4.67. The molecule has 0 amide bonds. The highest BCUT2D eigenvalue weighted by molar-refractivity contribution is 6.00. The standard InChI is InChI=1S/C33H41F3N4O9/c1-21-27(32(43)48-17-15-39(2)3)28(29(31(42)46-4)30(38-21)33(34,35)36)25-18-22(40(44)45)12-13-26(25)47-16-9-8-14-37-19-23(41)20-49-24-10-6-5-7-11-24/h5-7,10-13,18,23,28,37-38,41H,8-9,14-17,19-20H2,1-4H3. The molecular formula is C33H41F3N4O9. The zero-order valence-electron chi connectivity index (χ0n) is 27.7. The van der Waals surface area contributed by atoms with Crippen molar-refractivity contribution in [1.29, 1.82) is 0 Å². The minimum atomic E-state index is -5.10. The lowest BCUT2D eigenvalue weighted by atomic mass is 9.79. The second-order valence-electron chi connectivity index (χ2n) is 11.3. The summed E-state index contributed by atoms with van der Waals surface area (Å²) in [5, 5.41) is 27.2. The van der Waals surface area contributed by atoms with Gasteiger partial charge in [0.05, 0.1) is 35.7 Å². The molecule has 0 saturated carbocycles. The number of carbonyl (C=O) groups excluding carboxylic acids is 2. The number of benzene rings is 2. The highest BCUT2D eigenvalue weighted by atomic mass is 19.4. The maximum atomic E-state index is 14.4. The molecule has 268 valence electrons. The number of hydrogen-bond acceptors (Lipinski definition) is 12. The molecule has 16 heteroatoms. The van der Waals surface area contributed by atoms with Gasteiger partial charge in [0.2, 0.25) is 0 Å². The number of carbonyl (C=O) groups is 2. The fourth-order valence-electron chi connectivity index (χ4n) is 4.94. The number of dihydropyridines is 1. The van der Waals surface area contributed by atoms with Crippen LogP contribution in [-0.2, 0) is 19.1 Å². The molecule has 0 aliphatic carbocycles. The average molecular weight is 695 g/mol. The van der Waals surface area contributed by atoms with Gasteiger partial charge in [-0.1, -0.05) is 18.2 Å². The molecule has 0 fully saturated rings. The Bertz CT molecular complexity index is 1510. The van der Waals surface area contributed by atoms with Crippen molar-refractivity contribution in [3.8, 4) is 11.5 Å². The number of ether oxygens (including phenoxy) is 4. The number of likely N-dealkylation sites (N-methyl/N-ethyl adjacent to an activating group) is 1. The molecule has 13 nitrogen and oxygen atoms in total. The summed E-state index contributed by atoms with van der Waals surface area (Å²) in [4.78, 5) is 39.2. The molecule has 2 aromatic carbocycles. The summed E-state index contributed by atoms with van der Waals surface area (Å²) in [5.74, 6) is -3.67. The number of halogens is 3. The topological polar surface area (TPSA) is 162 Å². The van der Waals surface area contributed by atoms with Crippen LogP contribution in [0.25, 0.3) is 0 Å². The van der Waals surface area contributed by atoms with Crippen molar-refractivity contribution in [2.24, 2.45) is 0 Å². The molecule has 2 atom stereocenters. The van der Waals surface area contributed by atoms with Gasteiger partial charge in [-0.3, -0.25) is 10.1 Å². The number of allylic oxidation sites excluding steroid dienone is 2. The minimum Gasteiger partial charge on any atom is -0.493 e. The van der Waals surface area contributed by atoms with Gasteiger partial charge in [0.25, 0.3) is 5.69 Å². The zero-order valence-corrected chi connectivity index (χ0v) is 27.7. The predicted octanol–water partition coefficient (Wildman–Crippen LogP) is 3.84. The third-order valence-electron chi connectivity index (χ3n) is 7.33. The SMILES string of the molecule is COC(=O)C1=C(C(F)(F)F)NC(C)=C(C(=O)OCCN(C)C)C1c1cc([N+](=O)[O-])ccc1OCCCCNCC(O)COc1ccccc1. The summed E-state index contributed by atoms with van der Waals surface area (Å²) in [6.07, 6.45) is -4.85. The number of rotatable bonds is 18. The summed E-state index contributed by atoms with van der Waals surface area (Å²) in [6, 6.07) is 12.3. The number of esters is 2. The number of nitro benzene ring substituents is 1. The molecule has 2 unspecified atom stereocenters. The molecule has 1 heterocycles. The van der Waals surface area contributed by atoms with Crippen LogP contribution in [0, 0.1) is 10.1 Å². The van der Waals surface area contributed by atoms with E-state index >= 15 is 0 Å². The van der Waals surface area contributed by atoms with Gasteiger partial charge < -0.3 is 39.6 Å². The number of nitro groups is 1. The van der Waals surface area contributed by atoms with Crippen molar-refractivity contribution in [3.63, 3.8) is 0 Å². The van der Waals surface area contributed by atoms with Crippen LogP contribution in [-0.4, -0.2) is 99.8 Å². The summed E-state index contributed by atoms with van der Waals surface area (Å²) < 4.78 is 64.6. The lowest BCUT2D eigenvalue weighted by molar-refractivity contribution is -0.384. The van der Waals surface area contributed by atoms with E-state index in [1.165, 1.54) is 13.0 Å². The van der Waals surface area contributed by atoms with Crippen molar-refractivity contribution in [2.75, 3.05) is 60.7 Å². The number of non-ortho nitro benzene ring substituents is 1. The van der Waals surface area contributed by atoms with Gasteiger partial charge in [0.1, 0.15) is 36.5 Å². The lowest BCUT2D eigenvalue weighted by Crippen LogP contribution is -2.38. The second kappa shape index (κ2) is 18.2. The number of nitrogens with one attached hydrogen (secondary N) is 2. The monoisotopic (exact) mass is 694 g/mol. The van der Waals surface area contributed by atoms with E-state index in [9.17, 15) is 38.0 Å². The van der Waals surface area contributed by atoms with Crippen LogP contribution in [0.4, 0.5) is 18.9 Å². The molecule has 3 rings (SSSR count). The van der Waals surface area contributed by atoms with E-state index in [1.54, 1.807) is 31.1 Å². The van der Waals surface area contributed by atoms with E-state index in [-0.39, 0.29) is 48.9 Å². The molecule has 49 heavy (non-hydrogen) atoms. The molecule has 0 radical (unpaired) electrons. The molecule has 0 saturated heterocycles. The Morgan fingerprint density at radius 3 is 2.41 bits per heavy atom. The van der Waals surface area contributed by atoms with Crippen LogP contribution < -0.4 is 20.1 Å². The summed E-state index contributed by atoms with van der Waals surface area (Å²) >= 11 is 0. The minimum absolute atomic E-state index is 0.0336. The summed E-state index contributed by atoms with van der Waals surface area (Å²) in [5.41, 5.74) is -3.82. The van der Waals surface area contributed by atoms with E-state index in [2.05, 4.69) is 10.6 Å². The maximum Gasteiger partial charge on any atom is 0.431 e. The van der Waals surface area contributed by atoms with Crippen LogP contribution in [0.2, 0.25) is 0 Å². The summed E-state index contributed by atoms with van der Waals surface area (Å²) in [7, 11) is 4.34. The first-order valence-corrected chi connectivity index (χ1v) is 15.4. The Morgan fingerprint density at radius 1 is 1.06 bits per heavy atom. The largest absolute Gasteiger partial charge is 0.493 e. The van der Waals surface area contributed by atoms with Crippen LogP contribution >= 0.6 is 0 Å². The van der Waals surface area contributed by atoms with Gasteiger partial charge in [0.15, 0.2) is 0 Å². The first kappa shape index (κ1) is 38.8. The first-order valence-electron chi connectivity index (χ1n) is 15.4. The Morgan fingerprint density at radius 2 is 1.78 bits per heavy atom. The number of unbranched alkanes of at least 4 members (excludes halogenated alkanes) is 1. The van der Waals surface area contributed by atoms with E-state index in [0.29, 0.717) is 31.7 Å². The molecule has 0 spiro atoms. The molecule has 1 aliphatic rings. The number of aliphatic hydroxyl groups is 1. The van der Waals surface area contributed by atoms with Gasteiger partial charge in [-0.2, -0.15) is 13.2 Å². The number of hydrogen-bond donors (Lipinski definition) is 3. The Labute approximate surface area is 281 Å². The van der Waals surface area contributed by atoms with E-state index in [1.807, 2.05) is 18.2 Å². The van der Waals surface area contributed by atoms with Gasteiger partial charge in [-0.15, -0.1) is 0 Å². The van der Waals surface area contributed by atoms with E-state index in [4.69, 9.17) is 18.9 Å². The van der Waals surface area contributed by atoms with Crippen molar-refractivity contribution >= 4 is 17.6 Å². The fraction of sp³-hybridized carbons (Fsp3) is 0.455. The third-order valence-corrected chi connectivity index (χ3v) is 7.33. The molecule has 2 aromatic rings. The molecule has 3 N–H and O–H groups in total. The predicted molar refractivity (Wildman–Crippen MR) is 172 cm³/mol. The van der Waals surface area contributed by atoms with Gasteiger partial charge in [0, 0.05) is 36.5 Å². The number of aliphatic hydroxyl groups excluding tert-OH is 1. The third kappa shape index (κ3) is 11.2. The molecule has 0 bridgehead atoms. The number of methoxy groups -OCH3 is 1. The highest BCUT2D eigenvalue weighted by Crippen LogP contribution is 2.46. The van der Waals surface area contributed by atoms with E-state index < -0.39 is 52.0 Å².